The molecule has 0 saturated carbocycles. The van der Waals surface area contributed by atoms with Crippen LogP contribution in [0.4, 0.5) is 16.5 Å². The van der Waals surface area contributed by atoms with Gasteiger partial charge in [-0.15, -0.1) is 0 Å². The summed E-state index contributed by atoms with van der Waals surface area (Å²) >= 11 is 1.37. The average Bonchev–Trinajstić information content (AvgIpc) is 3.35. The first-order valence-corrected chi connectivity index (χ1v) is 12.5. The van der Waals surface area contributed by atoms with E-state index in [0.29, 0.717) is 27.8 Å². The first-order chi connectivity index (χ1) is 17.5. The van der Waals surface area contributed by atoms with Crippen LogP contribution in [-0.4, -0.2) is 41.0 Å². The lowest BCUT2D eigenvalue weighted by atomic mass is 10.1. The minimum absolute atomic E-state index is 0.0606. The molecule has 2 aromatic carbocycles. The number of hydrogen-bond acceptors (Lipinski definition) is 8. The smallest absolute Gasteiger partial charge is 0.293 e. The molecular formula is C26H25N5O4S. The lowest BCUT2D eigenvalue weighted by molar-refractivity contribution is -0.384. The number of methoxy groups -OCH3 is 1. The van der Waals surface area contributed by atoms with Gasteiger partial charge >= 0.3 is 0 Å². The van der Waals surface area contributed by atoms with Gasteiger partial charge in [0.1, 0.15) is 11.4 Å². The van der Waals surface area contributed by atoms with Crippen molar-refractivity contribution in [2.45, 2.75) is 25.8 Å². The minimum Gasteiger partial charge on any atom is -0.497 e. The van der Waals surface area contributed by atoms with Crippen molar-refractivity contribution in [1.82, 2.24) is 9.97 Å². The Morgan fingerprint density at radius 3 is 2.69 bits per heavy atom. The number of aromatic nitrogens is 2. The first kappa shape index (κ1) is 23.7. The number of benzene rings is 2. The highest BCUT2D eigenvalue weighted by Gasteiger charge is 2.27. The molecule has 0 unspecified atom stereocenters. The maximum Gasteiger partial charge on any atom is 0.293 e. The van der Waals surface area contributed by atoms with Gasteiger partial charge in [0, 0.05) is 37.0 Å². The third-order valence-electron chi connectivity index (χ3n) is 6.22. The molecule has 10 heteroatoms. The Morgan fingerprint density at radius 2 is 1.97 bits per heavy atom. The number of anilines is 2. The zero-order valence-corrected chi connectivity index (χ0v) is 20.6. The number of nitro benzene ring substituents is 1. The van der Waals surface area contributed by atoms with E-state index in [-0.39, 0.29) is 23.7 Å². The van der Waals surface area contributed by atoms with Gasteiger partial charge in [-0.2, -0.15) is 0 Å². The molecule has 0 atom stereocenters. The van der Waals surface area contributed by atoms with Gasteiger partial charge in [-0.25, -0.2) is 4.98 Å². The lowest BCUT2D eigenvalue weighted by Gasteiger charge is -2.28. The number of pyridine rings is 1. The standard InChI is InChI=1S/C26H25N5O4S/c1-35-20-9-11-24-21(16-20)28-26(36-24)30(17-19-7-3-4-12-27-19)25(32)18-8-10-22(23(15-18)31(33)34)29-13-5-2-6-14-29/h3-4,7-12,15-16H,2,5-6,13-14,17H2,1H3. The highest BCUT2D eigenvalue weighted by Crippen LogP contribution is 2.35. The topological polar surface area (TPSA) is 102 Å². The Labute approximate surface area is 212 Å². The number of piperidine rings is 1. The molecule has 36 heavy (non-hydrogen) atoms. The fraction of sp³-hybridized carbons (Fsp3) is 0.269. The van der Waals surface area contributed by atoms with Crippen molar-refractivity contribution < 1.29 is 14.5 Å². The quantitative estimate of drug-likeness (QED) is 0.244. The minimum atomic E-state index is -0.409. The molecule has 1 aliphatic rings. The number of nitro groups is 1. The van der Waals surface area contributed by atoms with Crippen LogP contribution in [0.5, 0.6) is 5.75 Å². The molecule has 0 radical (unpaired) electrons. The molecule has 4 aromatic rings. The van der Waals surface area contributed by atoms with Crippen molar-refractivity contribution in [2.24, 2.45) is 0 Å². The number of ether oxygens (including phenoxy) is 1. The Morgan fingerprint density at radius 1 is 1.14 bits per heavy atom. The van der Waals surface area contributed by atoms with Crippen molar-refractivity contribution in [3.8, 4) is 5.75 Å². The normalized spacial score (nSPS) is 13.5. The van der Waals surface area contributed by atoms with Crippen molar-refractivity contribution in [2.75, 3.05) is 30.0 Å². The molecule has 0 aliphatic carbocycles. The van der Waals surface area contributed by atoms with Crippen LogP contribution in [0.3, 0.4) is 0 Å². The van der Waals surface area contributed by atoms with E-state index < -0.39 is 4.92 Å². The van der Waals surface area contributed by atoms with E-state index in [4.69, 9.17) is 4.74 Å². The van der Waals surface area contributed by atoms with Crippen molar-refractivity contribution in [3.05, 3.63) is 82.2 Å². The van der Waals surface area contributed by atoms with Crippen LogP contribution >= 0.6 is 11.3 Å². The van der Waals surface area contributed by atoms with Crippen molar-refractivity contribution >= 4 is 44.0 Å². The van der Waals surface area contributed by atoms with Crippen LogP contribution in [0.2, 0.25) is 0 Å². The predicted octanol–water partition coefficient (Wildman–Crippen LogP) is 5.45. The van der Waals surface area contributed by atoms with Gasteiger partial charge in [-0.1, -0.05) is 17.4 Å². The van der Waals surface area contributed by atoms with Crippen molar-refractivity contribution in [3.63, 3.8) is 0 Å². The Kier molecular flexibility index (Phi) is 6.77. The van der Waals surface area contributed by atoms with Crippen LogP contribution in [0, 0.1) is 10.1 Å². The summed E-state index contributed by atoms with van der Waals surface area (Å²) in [4.78, 5) is 38.0. The molecule has 184 valence electrons. The fourth-order valence-corrected chi connectivity index (χ4v) is 5.32. The van der Waals surface area contributed by atoms with Crippen LogP contribution in [-0.2, 0) is 6.54 Å². The zero-order chi connectivity index (χ0) is 25.1. The monoisotopic (exact) mass is 503 g/mol. The van der Waals surface area contributed by atoms with Gasteiger partial charge in [0.05, 0.1) is 34.5 Å². The number of fused-ring (bicyclic) bond motifs is 1. The van der Waals surface area contributed by atoms with Crippen LogP contribution in [0.25, 0.3) is 10.2 Å². The summed E-state index contributed by atoms with van der Waals surface area (Å²) in [6.45, 7) is 1.72. The first-order valence-electron chi connectivity index (χ1n) is 11.7. The molecule has 1 saturated heterocycles. The van der Waals surface area contributed by atoms with Gasteiger partial charge in [-0.05, 0) is 55.7 Å². The number of amides is 1. The maximum atomic E-state index is 13.8. The Hall–Kier alpha value is -4.05. The Balaban J connectivity index is 1.54. The molecule has 0 spiro atoms. The fourth-order valence-electron chi connectivity index (χ4n) is 4.38. The van der Waals surface area contributed by atoms with E-state index in [1.165, 1.54) is 22.3 Å². The van der Waals surface area contributed by atoms with E-state index in [9.17, 15) is 14.9 Å². The molecule has 5 rings (SSSR count). The second-order valence-corrected chi connectivity index (χ2v) is 9.56. The number of carbonyl (C=O) groups is 1. The highest BCUT2D eigenvalue weighted by molar-refractivity contribution is 7.22. The molecule has 9 nitrogen and oxygen atoms in total. The average molecular weight is 504 g/mol. The predicted molar refractivity (Wildman–Crippen MR) is 140 cm³/mol. The summed E-state index contributed by atoms with van der Waals surface area (Å²) in [5.74, 6) is 0.297. The van der Waals surface area contributed by atoms with Crippen LogP contribution in [0.1, 0.15) is 35.3 Å². The third kappa shape index (κ3) is 4.85. The number of hydrogen-bond donors (Lipinski definition) is 0. The largest absolute Gasteiger partial charge is 0.497 e. The van der Waals surface area contributed by atoms with E-state index in [1.54, 1.807) is 25.4 Å². The number of rotatable bonds is 7. The molecule has 1 amide bonds. The molecule has 0 N–H and O–H groups in total. The molecule has 3 heterocycles. The molecule has 0 bridgehead atoms. The number of nitrogens with zero attached hydrogens (tertiary/aromatic N) is 5. The number of thiazole rings is 1. The summed E-state index contributed by atoms with van der Waals surface area (Å²) in [7, 11) is 1.59. The second-order valence-electron chi connectivity index (χ2n) is 8.55. The SMILES string of the molecule is COc1ccc2sc(N(Cc3ccccn3)C(=O)c3ccc(N4CCCCC4)c([N+](=O)[O-])c3)nc2c1. The lowest BCUT2D eigenvalue weighted by Crippen LogP contribution is -2.32. The molecule has 2 aromatic heterocycles. The molecular weight excluding hydrogens is 478 g/mol. The summed E-state index contributed by atoms with van der Waals surface area (Å²) in [5.41, 5.74) is 2.12. The maximum absolute atomic E-state index is 13.8. The van der Waals surface area contributed by atoms with Gasteiger partial charge in [0.2, 0.25) is 0 Å². The van der Waals surface area contributed by atoms with Crippen molar-refractivity contribution in [1.29, 1.82) is 0 Å². The van der Waals surface area contributed by atoms with E-state index >= 15 is 0 Å². The summed E-state index contributed by atoms with van der Waals surface area (Å²) in [5, 5.41) is 12.5. The summed E-state index contributed by atoms with van der Waals surface area (Å²) < 4.78 is 6.21. The zero-order valence-electron chi connectivity index (χ0n) is 19.8. The molecule has 1 fully saturated rings. The van der Waals surface area contributed by atoms with E-state index in [2.05, 4.69) is 9.97 Å². The van der Waals surface area contributed by atoms with E-state index in [0.717, 1.165) is 37.1 Å². The van der Waals surface area contributed by atoms with Gasteiger partial charge in [0.25, 0.3) is 11.6 Å². The summed E-state index contributed by atoms with van der Waals surface area (Å²) in [6, 6.07) is 15.8. The van der Waals surface area contributed by atoms with Crippen LogP contribution in [0.15, 0.2) is 60.8 Å². The van der Waals surface area contributed by atoms with Gasteiger partial charge in [-0.3, -0.25) is 24.8 Å². The molecule has 1 aliphatic heterocycles. The highest BCUT2D eigenvalue weighted by atomic mass is 32.1. The van der Waals surface area contributed by atoms with Gasteiger partial charge < -0.3 is 9.64 Å². The second kappa shape index (κ2) is 10.3. The van der Waals surface area contributed by atoms with Crippen LogP contribution < -0.4 is 14.5 Å². The summed E-state index contributed by atoms with van der Waals surface area (Å²) in [6.07, 6.45) is 4.78. The van der Waals surface area contributed by atoms with Gasteiger partial charge in [0.15, 0.2) is 5.13 Å². The van der Waals surface area contributed by atoms with E-state index in [1.807, 2.05) is 41.3 Å². The third-order valence-corrected chi connectivity index (χ3v) is 7.28. The Bertz CT molecular complexity index is 1400. The number of carbonyl (C=O) groups excluding carboxylic acids is 1.